The zero-order valence-electron chi connectivity index (χ0n) is 10.0. The van der Waals surface area contributed by atoms with Gasteiger partial charge in [0.25, 0.3) is 5.91 Å². The Kier molecular flexibility index (Phi) is 3.66. The smallest absolute Gasteiger partial charge is 0.422 e. The van der Waals surface area contributed by atoms with E-state index in [-0.39, 0.29) is 26.9 Å². The van der Waals surface area contributed by atoms with Crippen molar-refractivity contribution in [3.8, 4) is 11.6 Å². The van der Waals surface area contributed by atoms with E-state index in [1.165, 1.54) is 7.11 Å². The highest BCUT2D eigenvalue weighted by molar-refractivity contribution is 7.20. The maximum atomic E-state index is 12.2. The molecular weight excluding hydrogens is 299 g/mol. The summed E-state index contributed by atoms with van der Waals surface area (Å²) < 4.78 is 46.3. The fourth-order valence-electron chi connectivity index (χ4n) is 1.39. The molecule has 2 aromatic heterocycles. The van der Waals surface area contributed by atoms with Crippen LogP contribution in [0.15, 0.2) is 6.20 Å². The molecule has 0 aliphatic rings. The number of nitrogens with two attached hydrogens (primary N) is 1. The highest BCUT2D eigenvalue weighted by atomic mass is 32.1. The van der Waals surface area contributed by atoms with Crippen molar-refractivity contribution in [3.05, 3.63) is 11.2 Å². The molecule has 0 saturated heterocycles. The number of amides is 1. The lowest BCUT2D eigenvalue weighted by Crippen LogP contribution is -2.19. The van der Waals surface area contributed by atoms with Crippen molar-refractivity contribution in [1.29, 1.82) is 0 Å². The molecule has 0 aliphatic heterocycles. The summed E-state index contributed by atoms with van der Waals surface area (Å²) in [7, 11) is 1.32. The van der Waals surface area contributed by atoms with Gasteiger partial charge in [-0.2, -0.15) is 13.2 Å². The number of halogens is 3. The predicted molar refractivity (Wildman–Crippen MR) is 64.0 cm³/mol. The van der Waals surface area contributed by atoms with Crippen LogP contribution in [0.3, 0.4) is 0 Å². The Morgan fingerprint density at radius 2 is 2.20 bits per heavy atom. The van der Waals surface area contributed by atoms with E-state index < -0.39 is 18.7 Å². The second-order valence-corrected chi connectivity index (χ2v) is 4.60. The van der Waals surface area contributed by atoms with Gasteiger partial charge in [-0.3, -0.25) is 4.79 Å². The summed E-state index contributed by atoms with van der Waals surface area (Å²) in [6, 6.07) is 0. The summed E-state index contributed by atoms with van der Waals surface area (Å²) in [5.41, 5.74) is 5.22. The number of thiazole rings is 1. The van der Waals surface area contributed by atoms with Gasteiger partial charge >= 0.3 is 6.18 Å². The molecule has 1 amide bonds. The quantitative estimate of drug-likeness (QED) is 0.929. The highest BCUT2D eigenvalue weighted by Gasteiger charge is 2.29. The van der Waals surface area contributed by atoms with Crippen molar-refractivity contribution in [3.63, 3.8) is 0 Å². The van der Waals surface area contributed by atoms with Gasteiger partial charge in [0.1, 0.15) is 10.2 Å². The van der Waals surface area contributed by atoms with Crippen LogP contribution in [0.1, 0.15) is 9.80 Å². The Hall–Kier alpha value is -2.10. The minimum absolute atomic E-state index is 0.0665. The number of rotatable bonds is 4. The summed E-state index contributed by atoms with van der Waals surface area (Å²) in [6.07, 6.45) is -3.40. The van der Waals surface area contributed by atoms with E-state index in [0.29, 0.717) is 0 Å². The normalized spacial score (nSPS) is 11.6. The number of carbonyl (C=O) groups is 1. The predicted octanol–water partition coefficient (Wildman–Crippen LogP) is 1.74. The minimum Gasteiger partial charge on any atom is -0.481 e. The molecule has 0 aromatic carbocycles. The molecule has 108 valence electrons. The molecular formula is C10H8F3N3O3S. The van der Waals surface area contributed by atoms with Crippen LogP contribution < -0.4 is 15.2 Å². The molecule has 20 heavy (non-hydrogen) atoms. The van der Waals surface area contributed by atoms with Gasteiger partial charge in [-0.25, -0.2) is 9.97 Å². The Morgan fingerprint density at radius 1 is 1.50 bits per heavy atom. The number of carbonyl (C=O) groups excluding carboxylic acids is 1. The molecule has 2 rings (SSSR count). The number of pyridine rings is 1. The molecule has 2 heterocycles. The van der Waals surface area contributed by atoms with Crippen molar-refractivity contribution in [2.75, 3.05) is 13.7 Å². The van der Waals surface area contributed by atoms with Gasteiger partial charge in [0, 0.05) is 0 Å². The first kappa shape index (κ1) is 14.3. The average Bonchev–Trinajstić information content (AvgIpc) is 2.80. The first-order valence-corrected chi connectivity index (χ1v) is 5.96. The number of hydrogen-bond donors (Lipinski definition) is 1. The van der Waals surface area contributed by atoms with Crippen LogP contribution in [0, 0.1) is 0 Å². The molecule has 0 radical (unpaired) electrons. The Bertz CT molecular complexity index is 656. The zero-order chi connectivity index (χ0) is 14.9. The van der Waals surface area contributed by atoms with E-state index in [0.717, 1.165) is 17.5 Å². The molecule has 10 heteroatoms. The highest BCUT2D eigenvalue weighted by Crippen LogP contribution is 2.35. The van der Waals surface area contributed by atoms with Crippen LogP contribution in [0.5, 0.6) is 11.6 Å². The molecule has 0 aliphatic carbocycles. The fraction of sp³-hybridized carbons (Fsp3) is 0.300. The third kappa shape index (κ3) is 2.90. The molecule has 6 nitrogen and oxygen atoms in total. The number of alkyl halides is 3. The molecule has 2 aromatic rings. The van der Waals surface area contributed by atoms with Crippen molar-refractivity contribution in [1.82, 2.24) is 9.97 Å². The fourth-order valence-corrected chi connectivity index (χ4v) is 2.26. The van der Waals surface area contributed by atoms with Gasteiger partial charge in [-0.1, -0.05) is 0 Å². The summed E-state index contributed by atoms with van der Waals surface area (Å²) in [5.74, 6) is -0.860. The van der Waals surface area contributed by atoms with Gasteiger partial charge in [-0.15, -0.1) is 11.3 Å². The number of hydrogen-bond acceptors (Lipinski definition) is 6. The third-order valence-electron chi connectivity index (χ3n) is 2.15. The molecule has 0 saturated carbocycles. The second kappa shape index (κ2) is 5.12. The van der Waals surface area contributed by atoms with Crippen LogP contribution in [0.25, 0.3) is 10.2 Å². The van der Waals surface area contributed by atoms with Gasteiger partial charge in [0.05, 0.1) is 13.3 Å². The lowest BCUT2D eigenvalue weighted by Gasteiger charge is -2.09. The van der Waals surface area contributed by atoms with Crippen LogP contribution in [0.2, 0.25) is 0 Å². The van der Waals surface area contributed by atoms with Gasteiger partial charge in [-0.05, 0) is 0 Å². The summed E-state index contributed by atoms with van der Waals surface area (Å²) in [6.45, 7) is -1.47. The topological polar surface area (TPSA) is 87.3 Å². The van der Waals surface area contributed by atoms with E-state index in [9.17, 15) is 18.0 Å². The lowest BCUT2D eigenvalue weighted by molar-refractivity contribution is -0.153. The van der Waals surface area contributed by atoms with Crippen molar-refractivity contribution in [2.24, 2.45) is 5.73 Å². The molecule has 0 spiro atoms. The van der Waals surface area contributed by atoms with Gasteiger partial charge in [0.2, 0.25) is 5.88 Å². The first-order valence-electron chi connectivity index (χ1n) is 5.14. The van der Waals surface area contributed by atoms with Crippen LogP contribution in [-0.2, 0) is 0 Å². The van der Waals surface area contributed by atoms with Gasteiger partial charge in [0.15, 0.2) is 17.4 Å². The maximum Gasteiger partial charge on any atom is 0.422 e. The van der Waals surface area contributed by atoms with E-state index in [2.05, 4.69) is 14.7 Å². The van der Waals surface area contributed by atoms with Crippen molar-refractivity contribution < 1.29 is 27.4 Å². The number of methoxy groups -OCH3 is 1. The van der Waals surface area contributed by atoms with Gasteiger partial charge < -0.3 is 15.2 Å². The van der Waals surface area contributed by atoms with E-state index in [4.69, 9.17) is 10.5 Å². The van der Waals surface area contributed by atoms with E-state index in [1.807, 2.05) is 0 Å². The largest absolute Gasteiger partial charge is 0.481 e. The number of ether oxygens (including phenoxy) is 2. The summed E-state index contributed by atoms with van der Waals surface area (Å²) in [4.78, 5) is 18.7. The zero-order valence-corrected chi connectivity index (χ0v) is 10.8. The molecule has 0 unspecified atom stereocenters. The van der Waals surface area contributed by atoms with E-state index in [1.54, 1.807) is 0 Å². The Labute approximate surface area is 114 Å². The number of aromatic nitrogens is 2. The maximum absolute atomic E-state index is 12.2. The Balaban J connectivity index is 2.47. The number of nitrogens with zero attached hydrogens (tertiary/aromatic N) is 2. The monoisotopic (exact) mass is 307 g/mol. The van der Waals surface area contributed by atoms with Crippen LogP contribution in [0.4, 0.5) is 13.2 Å². The number of fused-ring (bicyclic) bond motifs is 1. The Morgan fingerprint density at radius 3 is 2.75 bits per heavy atom. The first-order chi connectivity index (χ1) is 9.31. The summed E-state index contributed by atoms with van der Waals surface area (Å²) in [5, 5.41) is -0.0665. The van der Waals surface area contributed by atoms with E-state index >= 15 is 0 Å². The molecule has 0 bridgehead atoms. The van der Waals surface area contributed by atoms with Crippen LogP contribution in [-0.4, -0.2) is 35.8 Å². The molecule has 0 atom stereocenters. The second-order valence-electron chi connectivity index (χ2n) is 3.60. The van der Waals surface area contributed by atoms with Crippen molar-refractivity contribution in [2.45, 2.75) is 6.18 Å². The lowest BCUT2D eigenvalue weighted by atomic mass is 10.4. The average molecular weight is 307 g/mol. The van der Waals surface area contributed by atoms with Crippen LogP contribution >= 0.6 is 11.3 Å². The minimum atomic E-state index is -4.48. The third-order valence-corrected chi connectivity index (χ3v) is 3.23. The summed E-state index contributed by atoms with van der Waals surface area (Å²) >= 11 is 0.814. The molecule has 0 fully saturated rings. The van der Waals surface area contributed by atoms with Crippen molar-refractivity contribution >= 4 is 27.5 Å². The standard InChI is InChI=1S/C10H8F3N3O3S/c1-18-8-5-6(20-9(16-5)7(14)17)4(2-15-8)19-3-10(11,12)13/h2H,3H2,1H3,(H2,14,17). The molecule has 2 N–H and O–H groups in total. The SMILES string of the molecule is COc1ncc(OCC(F)(F)F)c2sc(C(N)=O)nc12. The number of primary amides is 1.